The third-order valence-corrected chi connectivity index (χ3v) is 6.30. The summed E-state index contributed by atoms with van der Waals surface area (Å²) >= 11 is 8.00. The molecule has 1 unspecified atom stereocenters. The maximum Gasteiger partial charge on any atom is 0.198 e. The van der Waals surface area contributed by atoms with Gasteiger partial charge in [0, 0.05) is 29.8 Å². The number of fused-ring (bicyclic) bond motifs is 4. The summed E-state index contributed by atoms with van der Waals surface area (Å²) in [4.78, 5) is 1.26. The second-order valence-electron chi connectivity index (χ2n) is 6.53. The minimum atomic E-state index is -0.259. The van der Waals surface area contributed by atoms with E-state index in [1.54, 1.807) is 11.3 Å². The van der Waals surface area contributed by atoms with Gasteiger partial charge >= 0.3 is 0 Å². The topological polar surface area (TPSA) is 24.8 Å². The van der Waals surface area contributed by atoms with Gasteiger partial charge in [-0.2, -0.15) is 5.10 Å². The van der Waals surface area contributed by atoms with Crippen LogP contribution in [0.4, 0.5) is 0 Å². The zero-order chi connectivity index (χ0) is 15.4. The molecule has 0 saturated heterocycles. The van der Waals surface area contributed by atoms with E-state index in [1.807, 2.05) is 18.2 Å². The minimum Gasteiger partial charge on any atom is -0.466 e. The average molecular weight is 345 g/mol. The van der Waals surface area contributed by atoms with Crippen LogP contribution in [0.2, 0.25) is 5.02 Å². The fraction of sp³-hybridized carbons (Fsp3) is 0.389. The van der Waals surface area contributed by atoms with Crippen LogP contribution in [0.25, 0.3) is 0 Å². The van der Waals surface area contributed by atoms with Gasteiger partial charge in [-0.3, -0.25) is 0 Å². The number of nitrogens with zero attached hydrogens (tertiary/aromatic N) is 2. The lowest BCUT2D eigenvalue weighted by atomic mass is 9.95. The molecule has 1 atom stereocenters. The predicted molar refractivity (Wildman–Crippen MR) is 93.3 cm³/mol. The summed E-state index contributed by atoms with van der Waals surface area (Å²) in [5.74, 6) is 0.986. The summed E-state index contributed by atoms with van der Waals surface area (Å²) in [6, 6.07) is 10.5. The third kappa shape index (κ3) is 2.05. The molecule has 1 fully saturated rings. The first kappa shape index (κ1) is 13.9. The Morgan fingerprint density at radius 3 is 2.91 bits per heavy atom. The van der Waals surface area contributed by atoms with Crippen LogP contribution in [-0.2, 0) is 0 Å². The van der Waals surface area contributed by atoms with Crippen molar-refractivity contribution in [3.63, 3.8) is 0 Å². The van der Waals surface area contributed by atoms with Crippen LogP contribution in [0.5, 0.6) is 5.75 Å². The van der Waals surface area contributed by atoms with Crippen molar-refractivity contribution in [1.29, 1.82) is 0 Å². The van der Waals surface area contributed by atoms with Gasteiger partial charge in [0.1, 0.15) is 5.75 Å². The monoisotopic (exact) mass is 344 g/mol. The number of rotatable bonds is 1. The minimum absolute atomic E-state index is 0.243. The molecule has 3 nitrogen and oxygen atoms in total. The van der Waals surface area contributed by atoms with Crippen molar-refractivity contribution < 1.29 is 4.74 Å². The standard InChI is InChI=1S/C18H17ClN2OS/c19-12-5-6-16-13(10-12)15-11-14(17-4-3-9-23-17)20-21(15)18(22-16)7-1-2-8-18/h3-6,9-10,15H,1-2,7-8,11H2. The Morgan fingerprint density at radius 1 is 1.26 bits per heavy atom. The number of ether oxygens (including phenoxy) is 1. The van der Waals surface area contributed by atoms with Crippen LogP contribution in [0.3, 0.4) is 0 Å². The van der Waals surface area contributed by atoms with Gasteiger partial charge in [0.15, 0.2) is 5.72 Å². The molecule has 3 heterocycles. The molecule has 23 heavy (non-hydrogen) atoms. The van der Waals surface area contributed by atoms with Gasteiger partial charge in [0.05, 0.1) is 16.6 Å². The molecule has 2 aliphatic heterocycles. The van der Waals surface area contributed by atoms with Crippen molar-refractivity contribution in [2.45, 2.75) is 43.9 Å². The number of hydrogen-bond acceptors (Lipinski definition) is 4. The number of hydrazone groups is 1. The molecule has 5 rings (SSSR count). The summed E-state index contributed by atoms with van der Waals surface area (Å²) in [7, 11) is 0. The van der Waals surface area contributed by atoms with E-state index < -0.39 is 0 Å². The van der Waals surface area contributed by atoms with E-state index in [9.17, 15) is 0 Å². The zero-order valence-electron chi connectivity index (χ0n) is 12.7. The highest BCUT2D eigenvalue weighted by Crippen LogP contribution is 2.52. The van der Waals surface area contributed by atoms with Crippen LogP contribution in [0.1, 0.15) is 48.6 Å². The molecule has 0 radical (unpaired) electrons. The summed E-state index contributed by atoms with van der Waals surface area (Å²) in [5.41, 5.74) is 2.09. The van der Waals surface area contributed by atoms with Gasteiger partial charge in [-0.15, -0.1) is 11.3 Å². The first-order valence-electron chi connectivity index (χ1n) is 8.14. The second-order valence-corrected chi connectivity index (χ2v) is 7.91. The molecule has 118 valence electrons. The Bertz CT molecular complexity index is 780. The molecule has 0 bridgehead atoms. The van der Waals surface area contributed by atoms with E-state index in [0.29, 0.717) is 0 Å². The molecule has 1 aromatic carbocycles. The molecule has 1 saturated carbocycles. The van der Waals surface area contributed by atoms with Gasteiger partial charge in [-0.1, -0.05) is 17.7 Å². The largest absolute Gasteiger partial charge is 0.466 e. The normalized spacial score (nSPS) is 24.3. The van der Waals surface area contributed by atoms with Gasteiger partial charge in [-0.05, 0) is 42.5 Å². The predicted octanol–water partition coefficient (Wildman–Crippen LogP) is 5.22. The van der Waals surface area contributed by atoms with Gasteiger partial charge in [-0.25, -0.2) is 5.01 Å². The van der Waals surface area contributed by atoms with Crippen LogP contribution in [0, 0.1) is 0 Å². The molecular formula is C18H17ClN2OS. The van der Waals surface area contributed by atoms with Crippen molar-refractivity contribution in [1.82, 2.24) is 5.01 Å². The van der Waals surface area contributed by atoms with E-state index in [1.165, 1.54) is 29.0 Å². The fourth-order valence-electron chi connectivity index (χ4n) is 4.10. The van der Waals surface area contributed by atoms with Crippen molar-refractivity contribution >= 4 is 28.6 Å². The van der Waals surface area contributed by atoms with Crippen LogP contribution < -0.4 is 4.74 Å². The Kier molecular flexibility index (Phi) is 3.01. The fourth-order valence-corrected chi connectivity index (χ4v) is 5.00. The highest BCUT2D eigenvalue weighted by molar-refractivity contribution is 7.12. The first-order chi connectivity index (χ1) is 11.3. The highest BCUT2D eigenvalue weighted by atomic mass is 35.5. The van der Waals surface area contributed by atoms with Gasteiger partial charge in [0.25, 0.3) is 0 Å². The van der Waals surface area contributed by atoms with Crippen molar-refractivity contribution in [2.75, 3.05) is 0 Å². The summed E-state index contributed by atoms with van der Waals surface area (Å²) in [6.45, 7) is 0. The van der Waals surface area contributed by atoms with Gasteiger partial charge in [0.2, 0.25) is 0 Å². The van der Waals surface area contributed by atoms with Crippen LogP contribution >= 0.6 is 22.9 Å². The summed E-state index contributed by atoms with van der Waals surface area (Å²) < 4.78 is 6.48. The van der Waals surface area contributed by atoms with E-state index in [4.69, 9.17) is 21.4 Å². The Balaban J connectivity index is 1.63. The van der Waals surface area contributed by atoms with E-state index >= 15 is 0 Å². The van der Waals surface area contributed by atoms with E-state index in [-0.39, 0.29) is 11.8 Å². The van der Waals surface area contributed by atoms with Gasteiger partial charge < -0.3 is 4.74 Å². The molecule has 2 aromatic rings. The van der Waals surface area contributed by atoms with Crippen molar-refractivity contribution in [3.05, 3.63) is 51.2 Å². The maximum absolute atomic E-state index is 6.48. The van der Waals surface area contributed by atoms with Crippen molar-refractivity contribution in [3.8, 4) is 5.75 Å². The van der Waals surface area contributed by atoms with E-state index in [2.05, 4.69) is 22.5 Å². The van der Waals surface area contributed by atoms with Crippen molar-refractivity contribution in [2.24, 2.45) is 5.10 Å². The number of hydrogen-bond donors (Lipinski definition) is 0. The first-order valence-corrected chi connectivity index (χ1v) is 9.40. The number of halogens is 1. The Labute approximate surface area is 144 Å². The SMILES string of the molecule is Clc1ccc2c(c1)C1CC(c3cccs3)=NN1C1(CCCC1)O2. The van der Waals surface area contributed by atoms with Crippen LogP contribution in [0.15, 0.2) is 40.8 Å². The molecular weight excluding hydrogens is 328 g/mol. The van der Waals surface area contributed by atoms with E-state index in [0.717, 1.165) is 30.0 Å². The lowest BCUT2D eigenvalue weighted by molar-refractivity contribution is -0.114. The second kappa shape index (κ2) is 4.99. The highest BCUT2D eigenvalue weighted by Gasteiger charge is 2.51. The Morgan fingerprint density at radius 2 is 2.13 bits per heavy atom. The molecule has 1 aromatic heterocycles. The molecule has 3 aliphatic rings. The number of benzene rings is 1. The summed E-state index contributed by atoms with van der Waals surface area (Å²) in [5, 5.41) is 10.1. The quantitative estimate of drug-likeness (QED) is 0.709. The molecule has 0 N–H and O–H groups in total. The smallest absolute Gasteiger partial charge is 0.198 e. The molecule has 1 spiro atoms. The zero-order valence-corrected chi connectivity index (χ0v) is 14.2. The Hall–Kier alpha value is -1.52. The molecule has 1 aliphatic carbocycles. The molecule has 0 amide bonds. The van der Waals surface area contributed by atoms with Crippen LogP contribution in [-0.4, -0.2) is 16.4 Å². The third-order valence-electron chi connectivity index (χ3n) is 5.15. The lowest BCUT2D eigenvalue weighted by Gasteiger charge is -2.45. The average Bonchev–Trinajstić information content (AvgIpc) is 3.28. The summed E-state index contributed by atoms with van der Waals surface area (Å²) in [6.07, 6.45) is 5.44. The lowest BCUT2D eigenvalue weighted by Crippen LogP contribution is -2.51. The maximum atomic E-state index is 6.48. The molecule has 5 heteroatoms. The number of thiophene rings is 1.